The summed E-state index contributed by atoms with van der Waals surface area (Å²) in [6.45, 7) is 4.93. The first-order valence-corrected chi connectivity index (χ1v) is 9.87. The molecule has 2 aromatic heterocycles. The molecule has 2 aromatic carbocycles. The summed E-state index contributed by atoms with van der Waals surface area (Å²) in [6.07, 6.45) is 0.685. The van der Waals surface area contributed by atoms with Crippen molar-refractivity contribution in [2.75, 3.05) is 18.6 Å². The van der Waals surface area contributed by atoms with Crippen molar-refractivity contribution in [3.63, 3.8) is 0 Å². The van der Waals surface area contributed by atoms with Crippen LogP contribution < -0.4 is 4.90 Å². The Balaban J connectivity index is 1.38. The first-order chi connectivity index (χ1) is 14.5. The summed E-state index contributed by atoms with van der Waals surface area (Å²) in [5, 5.41) is 4.06. The highest BCUT2D eigenvalue weighted by Crippen LogP contribution is 2.24. The van der Waals surface area contributed by atoms with E-state index >= 15 is 0 Å². The molecule has 2 heterocycles. The molecule has 0 aliphatic heterocycles. The lowest BCUT2D eigenvalue weighted by Crippen LogP contribution is -2.26. The van der Waals surface area contributed by atoms with E-state index < -0.39 is 0 Å². The number of halogens is 1. The Morgan fingerprint density at radius 2 is 1.93 bits per heavy atom. The van der Waals surface area contributed by atoms with Crippen molar-refractivity contribution in [3.05, 3.63) is 59.7 Å². The number of hydrogen-bond donors (Lipinski definition) is 1. The number of imidazole rings is 1. The Morgan fingerprint density at radius 3 is 2.70 bits per heavy atom. The van der Waals surface area contributed by atoms with Gasteiger partial charge in [-0.3, -0.25) is 0 Å². The quantitative estimate of drug-likeness (QED) is 0.436. The maximum absolute atomic E-state index is 12.9. The number of fused-ring (bicyclic) bond motifs is 1. The van der Waals surface area contributed by atoms with Crippen molar-refractivity contribution in [2.45, 2.75) is 32.9 Å². The van der Waals surface area contributed by atoms with Gasteiger partial charge in [-0.1, -0.05) is 17.3 Å². The van der Waals surface area contributed by atoms with E-state index in [-0.39, 0.29) is 12.4 Å². The normalized spacial score (nSPS) is 11.5. The molecule has 7 nitrogen and oxygen atoms in total. The van der Waals surface area contributed by atoms with Gasteiger partial charge in [0.15, 0.2) is 0 Å². The lowest BCUT2D eigenvalue weighted by atomic mass is 10.2. The first-order valence-electron chi connectivity index (χ1n) is 9.87. The van der Waals surface area contributed by atoms with Gasteiger partial charge in [-0.05, 0) is 56.2 Å². The van der Waals surface area contributed by atoms with Gasteiger partial charge in [0.05, 0.1) is 17.6 Å². The minimum absolute atomic E-state index is 0.226. The van der Waals surface area contributed by atoms with Gasteiger partial charge in [0.1, 0.15) is 12.4 Å². The second-order valence-electron chi connectivity index (χ2n) is 7.44. The lowest BCUT2D eigenvalue weighted by molar-refractivity contribution is 0.100. The molecule has 0 radical (unpaired) electrons. The summed E-state index contributed by atoms with van der Waals surface area (Å²) in [6, 6.07) is 12.6. The molecule has 0 aliphatic rings. The number of aromatic amines is 1. The van der Waals surface area contributed by atoms with Gasteiger partial charge in [-0.2, -0.15) is 4.98 Å². The number of aromatic nitrogens is 4. The zero-order chi connectivity index (χ0) is 21.1. The summed E-state index contributed by atoms with van der Waals surface area (Å²) in [5.74, 6) is 1.49. The fourth-order valence-corrected chi connectivity index (χ4v) is 2.98. The monoisotopic (exact) mass is 409 g/mol. The van der Waals surface area contributed by atoms with Crippen molar-refractivity contribution in [3.8, 4) is 11.4 Å². The Morgan fingerprint density at radius 1 is 1.13 bits per heavy atom. The van der Waals surface area contributed by atoms with E-state index in [1.54, 1.807) is 12.1 Å². The first kappa shape index (κ1) is 20.0. The average Bonchev–Trinajstić information content (AvgIpc) is 3.38. The highest BCUT2D eigenvalue weighted by atomic mass is 19.1. The molecule has 0 amide bonds. The topological polar surface area (TPSA) is 80.1 Å². The van der Waals surface area contributed by atoms with E-state index in [1.807, 2.05) is 25.2 Å². The van der Waals surface area contributed by atoms with Gasteiger partial charge in [-0.15, -0.1) is 0 Å². The highest BCUT2D eigenvalue weighted by Gasteiger charge is 2.13. The van der Waals surface area contributed by atoms with Crippen LogP contribution in [0.4, 0.5) is 10.3 Å². The number of ether oxygens (including phenoxy) is 1. The Hall–Kier alpha value is -3.26. The van der Waals surface area contributed by atoms with Crippen LogP contribution >= 0.6 is 0 Å². The van der Waals surface area contributed by atoms with Crippen LogP contribution in [-0.2, 0) is 17.8 Å². The number of anilines is 1. The number of nitrogens with zero attached hydrogens (tertiary/aromatic N) is 4. The predicted molar refractivity (Wildman–Crippen MR) is 113 cm³/mol. The molecule has 0 saturated heterocycles. The number of H-pyrrole nitrogens is 1. The van der Waals surface area contributed by atoms with Gasteiger partial charge in [0.25, 0.3) is 5.89 Å². The number of hydrogen-bond acceptors (Lipinski definition) is 6. The van der Waals surface area contributed by atoms with Crippen LogP contribution in [0.5, 0.6) is 0 Å². The van der Waals surface area contributed by atoms with Gasteiger partial charge in [0.2, 0.25) is 11.8 Å². The van der Waals surface area contributed by atoms with Crippen LogP contribution in [0.2, 0.25) is 0 Å². The van der Waals surface area contributed by atoms with E-state index in [4.69, 9.17) is 9.26 Å². The third-order valence-corrected chi connectivity index (χ3v) is 4.98. The van der Waals surface area contributed by atoms with Gasteiger partial charge in [0, 0.05) is 18.7 Å². The van der Waals surface area contributed by atoms with Crippen LogP contribution in [0.3, 0.4) is 0 Å². The molecule has 0 aliphatic carbocycles. The number of rotatable bonds is 8. The van der Waals surface area contributed by atoms with E-state index in [2.05, 4.69) is 38.9 Å². The summed E-state index contributed by atoms with van der Waals surface area (Å²) < 4.78 is 23.8. The fourth-order valence-electron chi connectivity index (χ4n) is 2.98. The van der Waals surface area contributed by atoms with Crippen molar-refractivity contribution in [2.24, 2.45) is 0 Å². The highest BCUT2D eigenvalue weighted by molar-refractivity contribution is 5.82. The molecule has 0 spiro atoms. The lowest BCUT2D eigenvalue weighted by Gasteiger charge is -2.19. The molecule has 0 fully saturated rings. The standard InChI is InChI=1S/C22H24FN5O2/c1-14(2)28(3)22-24-18-9-6-16(12-19(18)25-22)21-26-20(30-27-21)13-29-11-10-15-4-7-17(23)8-5-15/h4-9,12,14H,10-11,13H2,1-3H3,(H,24,25). The van der Waals surface area contributed by atoms with Gasteiger partial charge < -0.3 is 19.1 Å². The van der Waals surface area contributed by atoms with Crippen LogP contribution in [0.1, 0.15) is 25.3 Å². The van der Waals surface area contributed by atoms with Gasteiger partial charge in [-0.25, -0.2) is 9.37 Å². The Labute approximate surface area is 173 Å². The molecule has 0 unspecified atom stereocenters. The minimum atomic E-state index is -0.241. The summed E-state index contributed by atoms with van der Waals surface area (Å²) >= 11 is 0. The summed E-state index contributed by atoms with van der Waals surface area (Å²) in [5.41, 5.74) is 3.65. The molecule has 8 heteroatoms. The zero-order valence-corrected chi connectivity index (χ0v) is 17.2. The third-order valence-electron chi connectivity index (χ3n) is 4.98. The van der Waals surface area contributed by atoms with Crippen molar-refractivity contribution >= 4 is 17.0 Å². The summed E-state index contributed by atoms with van der Waals surface area (Å²) in [4.78, 5) is 14.4. The molecule has 0 atom stereocenters. The average molecular weight is 409 g/mol. The number of nitrogens with one attached hydrogen (secondary N) is 1. The maximum atomic E-state index is 12.9. The molecule has 4 rings (SSSR count). The SMILES string of the molecule is CC(C)N(C)c1nc2ccc(-c3noc(COCCc4ccc(F)cc4)n3)cc2[nH]1. The molecular weight excluding hydrogens is 385 g/mol. The molecule has 4 aromatic rings. The molecule has 30 heavy (non-hydrogen) atoms. The van der Waals surface area contributed by atoms with Crippen molar-refractivity contribution in [1.29, 1.82) is 0 Å². The van der Waals surface area contributed by atoms with Crippen LogP contribution in [0.15, 0.2) is 47.0 Å². The maximum Gasteiger partial charge on any atom is 0.252 e. The Kier molecular flexibility index (Phi) is 5.76. The zero-order valence-electron chi connectivity index (χ0n) is 17.2. The Bertz CT molecular complexity index is 1120. The third kappa shape index (κ3) is 4.49. The molecule has 156 valence electrons. The second kappa shape index (κ2) is 8.62. The second-order valence-corrected chi connectivity index (χ2v) is 7.44. The molecule has 1 N–H and O–H groups in total. The summed E-state index contributed by atoms with van der Waals surface area (Å²) in [7, 11) is 2.00. The molecule has 0 bridgehead atoms. The van der Waals surface area contributed by atoms with Crippen LogP contribution in [0, 0.1) is 5.82 Å². The predicted octanol–water partition coefficient (Wildman–Crippen LogP) is 4.36. The van der Waals surface area contributed by atoms with E-state index in [0.717, 1.165) is 28.1 Å². The minimum Gasteiger partial charge on any atom is -0.371 e. The molecule has 0 saturated carbocycles. The van der Waals surface area contributed by atoms with Crippen LogP contribution in [0.25, 0.3) is 22.4 Å². The number of benzene rings is 2. The smallest absolute Gasteiger partial charge is 0.252 e. The van der Waals surface area contributed by atoms with Gasteiger partial charge >= 0.3 is 0 Å². The van der Waals surface area contributed by atoms with E-state index in [0.29, 0.717) is 30.8 Å². The van der Waals surface area contributed by atoms with E-state index in [1.165, 1.54) is 12.1 Å². The van der Waals surface area contributed by atoms with E-state index in [9.17, 15) is 4.39 Å². The fraction of sp³-hybridized carbons (Fsp3) is 0.318. The molecular formula is C22H24FN5O2. The largest absolute Gasteiger partial charge is 0.371 e. The van der Waals surface area contributed by atoms with Crippen LogP contribution in [-0.4, -0.2) is 39.8 Å². The van der Waals surface area contributed by atoms with Crippen molar-refractivity contribution in [1.82, 2.24) is 20.1 Å². The van der Waals surface area contributed by atoms with Crippen molar-refractivity contribution < 1.29 is 13.7 Å².